The number of hydrogen-bond acceptors (Lipinski definition) is 5. The molecule has 0 aliphatic heterocycles. The summed E-state index contributed by atoms with van der Waals surface area (Å²) in [5.74, 6) is 1.19. The Morgan fingerprint density at radius 1 is 1.09 bits per heavy atom. The van der Waals surface area contributed by atoms with Gasteiger partial charge in [0, 0.05) is 0 Å². The summed E-state index contributed by atoms with van der Waals surface area (Å²) in [7, 11) is 0. The first-order valence-electron chi connectivity index (χ1n) is 7.58. The number of fused-ring (bicyclic) bond motifs is 1. The molecular formula is C16H20N6. The Morgan fingerprint density at radius 2 is 1.86 bits per heavy atom. The molecular weight excluding hydrogens is 276 g/mol. The van der Waals surface area contributed by atoms with Crippen molar-refractivity contribution in [1.82, 2.24) is 25.3 Å². The van der Waals surface area contributed by atoms with Crippen molar-refractivity contribution in [1.29, 1.82) is 0 Å². The van der Waals surface area contributed by atoms with Crippen molar-refractivity contribution in [3.63, 3.8) is 0 Å². The summed E-state index contributed by atoms with van der Waals surface area (Å²) in [6, 6.07) is 12.7. The molecule has 3 aromatic rings. The Kier molecular flexibility index (Phi) is 4.00. The molecule has 0 saturated heterocycles. The molecule has 1 N–H and O–H groups in total. The zero-order valence-corrected chi connectivity index (χ0v) is 13.1. The van der Waals surface area contributed by atoms with E-state index < -0.39 is 0 Å². The summed E-state index contributed by atoms with van der Waals surface area (Å²) >= 11 is 0. The fraction of sp³-hybridized carbons (Fsp3) is 0.375. The van der Waals surface area contributed by atoms with Crippen molar-refractivity contribution >= 4 is 11.5 Å². The minimum Gasteiger partial charge on any atom is -0.362 e. The summed E-state index contributed by atoms with van der Waals surface area (Å²) in [5, 5.41) is 19.2. The van der Waals surface area contributed by atoms with Crippen LogP contribution in [-0.4, -0.2) is 25.3 Å². The van der Waals surface area contributed by atoms with Crippen molar-refractivity contribution in [2.75, 3.05) is 5.32 Å². The van der Waals surface area contributed by atoms with Crippen LogP contribution >= 0.6 is 0 Å². The Labute approximate surface area is 129 Å². The molecule has 114 valence electrons. The van der Waals surface area contributed by atoms with Crippen LogP contribution in [-0.2, 0) is 6.42 Å². The van der Waals surface area contributed by atoms with Crippen LogP contribution in [0.4, 0.5) is 5.82 Å². The topological polar surface area (TPSA) is 68.0 Å². The maximum Gasteiger partial charge on any atom is 0.200 e. The highest BCUT2D eigenvalue weighted by Gasteiger charge is 2.16. The standard InChI is InChI=1S/C16H20N6/c1-4-12-5-7-13(8-6-12)16(11(2)3)17-14-9-10-15-18-20-21-22(15)19-14/h5-11,16H,4H2,1-3H3,(H,17,19)/t16-/m1/s1. The molecule has 1 aromatic carbocycles. The summed E-state index contributed by atoms with van der Waals surface area (Å²) in [4.78, 5) is 0. The number of nitrogens with zero attached hydrogens (tertiary/aromatic N) is 5. The number of rotatable bonds is 5. The van der Waals surface area contributed by atoms with Crippen molar-refractivity contribution in [2.24, 2.45) is 5.92 Å². The first kappa shape index (κ1) is 14.4. The summed E-state index contributed by atoms with van der Waals surface area (Å²) in [6.07, 6.45) is 1.05. The number of anilines is 1. The van der Waals surface area contributed by atoms with Crippen molar-refractivity contribution < 1.29 is 0 Å². The first-order chi connectivity index (χ1) is 10.7. The van der Waals surface area contributed by atoms with E-state index in [-0.39, 0.29) is 6.04 Å². The van der Waals surface area contributed by atoms with Crippen LogP contribution in [0.2, 0.25) is 0 Å². The average Bonchev–Trinajstić information content (AvgIpc) is 3.00. The van der Waals surface area contributed by atoms with Gasteiger partial charge in [-0.1, -0.05) is 45.0 Å². The molecule has 0 radical (unpaired) electrons. The second kappa shape index (κ2) is 6.09. The van der Waals surface area contributed by atoms with Crippen molar-refractivity contribution in [3.8, 4) is 0 Å². The van der Waals surface area contributed by atoms with E-state index in [9.17, 15) is 0 Å². The molecule has 1 atom stereocenters. The fourth-order valence-corrected chi connectivity index (χ4v) is 2.48. The maximum absolute atomic E-state index is 4.39. The highest BCUT2D eigenvalue weighted by atomic mass is 15.6. The van der Waals surface area contributed by atoms with Gasteiger partial charge in [0.1, 0.15) is 5.82 Å². The quantitative estimate of drug-likeness (QED) is 0.784. The average molecular weight is 296 g/mol. The third kappa shape index (κ3) is 2.90. The lowest BCUT2D eigenvalue weighted by molar-refractivity contribution is 0.542. The van der Waals surface area contributed by atoms with Gasteiger partial charge < -0.3 is 5.32 Å². The van der Waals surface area contributed by atoms with E-state index in [0.717, 1.165) is 12.2 Å². The van der Waals surface area contributed by atoms with Crippen molar-refractivity contribution in [3.05, 3.63) is 47.5 Å². The summed E-state index contributed by atoms with van der Waals surface area (Å²) < 4.78 is 1.43. The molecule has 0 spiro atoms. The van der Waals surface area contributed by atoms with Crippen LogP contribution < -0.4 is 5.32 Å². The van der Waals surface area contributed by atoms with E-state index in [0.29, 0.717) is 11.6 Å². The van der Waals surface area contributed by atoms with E-state index in [2.05, 4.69) is 71.0 Å². The van der Waals surface area contributed by atoms with Gasteiger partial charge in [-0.2, -0.15) is 0 Å². The molecule has 0 unspecified atom stereocenters. The number of nitrogens with one attached hydrogen (secondary N) is 1. The zero-order valence-electron chi connectivity index (χ0n) is 13.1. The third-order valence-electron chi connectivity index (χ3n) is 3.79. The smallest absolute Gasteiger partial charge is 0.200 e. The lowest BCUT2D eigenvalue weighted by atomic mass is 9.95. The second-order valence-corrected chi connectivity index (χ2v) is 5.71. The number of aromatic nitrogens is 5. The van der Waals surface area contributed by atoms with Crippen LogP contribution in [0, 0.1) is 5.92 Å². The minimum atomic E-state index is 0.187. The van der Waals surface area contributed by atoms with Crippen LogP contribution in [0.3, 0.4) is 0 Å². The highest BCUT2D eigenvalue weighted by molar-refractivity contribution is 5.44. The zero-order chi connectivity index (χ0) is 15.5. The highest BCUT2D eigenvalue weighted by Crippen LogP contribution is 2.26. The normalized spacial score (nSPS) is 12.7. The molecule has 22 heavy (non-hydrogen) atoms. The predicted molar refractivity (Wildman–Crippen MR) is 85.6 cm³/mol. The molecule has 6 nitrogen and oxygen atoms in total. The summed E-state index contributed by atoms with van der Waals surface area (Å²) in [6.45, 7) is 6.56. The van der Waals surface area contributed by atoms with Crippen molar-refractivity contribution in [2.45, 2.75) is 33.2 Å². The van der Waals surface area contributed by atoms with Gasteiger partial charge in [0.2, 0.25) is 0 Å². The third-order valence-corrected chi connectivity index (χ3v) is 3.79. The van der Waals surface area contributed by atoms with E-state index in [4.69, 9.17) is 0 Å². The fourth-order valence-electron chi connectivity index (χ4n) is 2.48. The van der Waals surface area contributed by atoms with Crippen LogP contribution in [0.15, 0.2) is 36.4 Å². The number of aryl methyl sites for hydroxylation is 1. The number of benzene rings is 1. The Balaban J connectivity index is 1.86. The minimum absolute atomic E-state index is 0.187. The molecule has 0 bridgehead atoms. The number of tetrazole rings is 1. The molecule has 2 aromatic heterocycles. The maximum atomic E-state index is 4.39. The van der Waals surface area contributed by atoms with Crippen LogP contribution in [0.5, 0.6) is 0 Å². The van der Waals surface area contributed by atoms with Crippen LogP contribution in [0.25, 0.3) is 5.65 Å². The molecule has 2 heterocycles. The molecule has 0 fully saturated rings. The Hall–Kier alpha value is -2.50. The monoisotopic (exact) mass is 296 g/mol. The van der Waals surface area contributed by atoms with Gasteiger partial charge in [-0.05, 0) is 46.0 Å². The van der Waals surface area contributed by atoms with E-state index in [1.54, 1.807) is 0 Å². The Bertz CT molecular complexity index is 747. The molecule has 0 amide bonds. The predicted octanol–water partition coefficient (Wildman–Crippen LogP) is 2.89. The van der Waals surface area contributed by atoms with Gasteiger partial charge in [0.25, 0.3) is 0 Å². The summed E-state index contributed by atoms with van der Waals surface area (Å²) in [5.41, 5.74) is 3.24. The van der Waals surface area contributed by atoms with Crippen LogP contribution in [0.1, 0.15) is 37.9 Å². The SMILES string of the molecule is CCc1ccc([C@H](Nc2ccc3nnnn3n2)C(C)C)cc1. The lowest BCUT2D eigenvalue weighted by Crippen LogP contribution is -2.18. The van der Waals surface area contributed by atoms with Gasteiger partial charge >= 0.3 is 0 Å². The lowest BCUT2D eigenvalue weighted by Gasteiger charge is -2.23. The largest absolute Gasteiger partial charge is 0.362 e. The second-order valence-electron chi connectivity index (χ2n) is 5.71. The van der Waals surface area contributed by atoms with E-state index >= 15 is 0 Å². The van der Waals surface area contributed by atoms with Gasteiger partial charge in [0.05, 0.1) is 6.04 Å². The van der Waals surface area contributed by atoms with Gasteiger partial charge in [-0.25, -0.2) is 0 Å². The number of hydrogen-bond donors (Lipinski definition) is 1. The van der Waals surface area contributed by atoms with E-state index in [1.807, 2.05) is 12.1 Å². The van der Waals surface area contributed by atoms with Gasteiger partial charge in [-0.15, -0.1) is 14.8 Å². The molecule has 0 aliphatic carbocycles. The van der Waals surface area contributed by atoms with Gasteiger partial charge in [0.15, 0.2) is 5.65 Å². The van der Waals surface area contributed by atoms with E-state index in [1.165, 1.54) is 15.8 Å². The Morgan fingerprint density at radius 3 is 2.55 bits per heavy atom. The van der Waals surface area contributed by atoms with Gasteiger partial charge in [-0.3, -0.25) is 0 Å². The molecule has 6 heteroatoms. The first-order valence-corrected chi connectivity index (χ1v) is 7.58. The molecule has 0 aliphatic rings. The molecule has 3 rings (SSSR count). The molecule has 0 saturated carbocycles.